The fourth-order valence-electron chi connectivity index (χ4n) is 3.11. The van der Waals surface area contributed by atoms with E-state index in [1.165, 1.54) is 12.3 Å². The van der Waals surface area contributed by atoms with Crippen LogP contribution in [0.2, 0.25) is 0 Å². The molecule has 3 heterocycles. The summed E-state index contributed by atoms with van der Waals surface area (Å²) < 4.78 is 19.4. The maximum Gasteiger partial charge on any atom is 0.250 e. The number of carbonyl (C=O) groups is 1. The van der Waals surface area contributed by atoms with Crippen LogP contribution in [0.3, 0.4) is 0 Å². The van der Waals surface area contributed by atoms with Crippen molar-refractivity contribution in [3.8, 4) is 5.88 Å². The molecule has 4 nitrogen and oxygen atoms in total. The zero-order valence-corrected chi connectivity index (χ0v) is 14.4. The van der Waals surface area contributed by atoms with Crippen molar-refractivity contribution in [2.45, 2.75) is 44.0 Å². The molecule has 0 aliphatic carbocycles. The van der Waals surface area contributed by atoms with Gasteiger partial charge in [-0.25, -0.2) is 9.37 Å². The molecule has 6 heteroatoms. The van der Waals surface area contributed by atoms with Gasteiger partial charge < -0.3 is 9.64 Å². The van der Waals surface area contributed by atoms with E-state index in [4.69, 9.17) is 4.74 Å². The molecular weight excluding hydrogens is 315 g/mol. The summed E-state index contributed by atoms with van der Waals surface area (Å²) in [4.78, 5) is 18.0. The van der Waals surface area contributed by atoms with Crippen molar-refractivity contribution in [2.24, 2.45) is 5.92 Å². The molecule has 0 N–H and O–H groups in total. The van der Waals surface area contributed by atoms with Gasteiger partial charge in [-0.15, -0.1) is 11.8 Å². The lowest BCUT2D eigenvalue weighted by molar-refractivity contribution is -0.136. The molecule has 2 saturated heterocycles. The Bertz CT molecular complexity index is 575. The third kappa shape index (κ3) is 3.79. The van der Waals surface area contributed by atoms with Crippen molar-refractivity contribution in [3.63, 3.8) is 0 Å². The van der Waals surface area contributed by atoms with Gasteiger partial charge in [0.15, 0.2) is 5.82 Å². The van der Waals surface area contributed by atoms with Crippen LogP contribution in [0.5, 0.6) is 5.88 Å². The lowest BCUT2D eigenvalue weighted by Gasteiger charge is -2.47. The van der Waals surface area contributed by atoms with Gasteiger partial charge >= 0.3 is 0 Å². The van der Waals surface area contributed by atoms with E-state index in [9.17, 15) is 9.18 Å². The number of rotatable bonds is 5. The monoisotopic (exact) mass is 338 g/mol. The second-order valence-electron chi connectivity index (χ2n) is 6.91. The highest BCUT2D eigenvalue weighted by Crippen LogP contribution is 2.46. The molecule has 1 atom stereocenters. The molecule has 1 spiro atoms. The molecule has 0 radical (unpaired) electrons. The fraction of sp³-hybridized carbons (Fsp3) is 0.647. The summed E-state index contributed by atoms with van der Waals surface area (Å²) in [5.74, 6) is 1.30. The first-order valence-corrected chi connectivity index (χ1v) is 9.15. The minimum absolute atomic E-state index is 0.0303. The van der Waals surface area contributed by atoms with E-state index < -0.39 is 5.82 Å². The summed E-state index contributed by atoms with van der Waals surface area (Å²) in [6.07, 6.45) is 3.94. The number of aromatic nitrogens is 1. The normalized spacial score (nSPS) is 22.4. The Morgan fingerprint density at radius 3 is 3.04 bits per heavy atom. The average molecular weight is 338 g/mol. The van der Waals surface area contributed by atoms with E-state index in [-0.39, 0.29) is 22.6 Å². The molecule has 2 fully saturated rings. The predicted octanol–water partition coefficient (Wildman–Crippen LogP) is 3.12. The minimum atomic E-state index is -0.419. The summed E-state index contributed by atoms with van der Waals surface area (Å²) in [6, 6.07) is 2.92. The van der Waals surface area contributed by atoms with Crippen LogP contribution < -0.4 is 4.74 Å². The van der Waals surface area contributed by atoms with Gasteiger partial charge in [0.05, 0.1) is 4.75 Å². The maximum absolute atomic E-state index is 13.6. The number of halogens is 1. The first-order chi connectivity index (χ1) is 11.0. The van der Waals surface area contributed by atoms with E-state index >= 15 is 0 Å². The standard InChI is InChI=1S/C17H23FN2O2S/c1-12(2)5-6-15(21)20-10-17(11-20)8-13(9-23-17)22-16-14(18)4-3-7-19-16/h3-4,7,12-13H,5-6,8-11H2,1-2H3. The van der Waals surface area contributed by atoms with Crippen molar-refractivity contribution in [2.75, 3.05) is 18.8 Å². The van der Waals surface area contributed by atoms with Gasteiger partial charge in [-0.3, -0.25) is 4.79 Å². The Morgan fingerprint density at radius 2 is 2.35 bits per heavy atom. The Morgan fingerprint density at radius 1 is 1.57 bits per heavy atom. The van der Waals surface area contributed by atoms with Gasteiger partial charge in [-0.2, -0.15) is 0 Å². The van der Waals surface area contributed by atoms with Crippen molar-refractivity contribution >= 4 is 17.7 Å². The zero-order chi connectivity index (χ0) is 16.4. The highest BCUT2D eigenvalue weighted by Gasteiger charge is 2.51. The van der Waals surface area contributed by atoms with Gasteiger partial charge in [0.1, 0.15) is 6.10 Å². The first kappa shape index (κ1) is 16.6. The number of likely N-dealkylation sites (tertiary alicyclic amines) is 1. The van der Waals surface area contributed by atoms with E-state index in [0.29, 0.717) is 12.3 Å². The predicted molar refractivity (Wildman–Crippen MR) is 89.1 cm³/mol. The Hall–Kier alpha value is -1.30. The molecule has 2 aliphatic heterocycles. The van der Waals surface area contributed by atoms with Crippen molar-refractivity contribution < 1.29 is 13.9 Å². The summed E-state index contributed by atoms with van der Waals surface area (Å²) in [5, 5.41) is 0. The van der Waals surface area contributed by atoms with Gasteiger partial charge in [0.25, 0.3) is 5.88 Å². The topological polar surface area (TPSA) is 42.4 Å². The Labute approximate surface area is 140 Å². The molecule has 126 valence electrons. The van der Waals surface area contributed by atoms with Gasteiger partial charge in [0, 0.05) is 37.9 Å². The Kier molecular flexibility index (Phi) is 4.80. The highest BCUT2D eigenvalue weighted by molar-refractivity contribution is 8.01. The minimum Gasteiger partial charge on any atom is -0.471 e. The number of nitrogens with zero attached hydrogens (tertiary/aromatic N) is 2. The first-order valence-electron chi connectivity index (χ1n) is 8.16. The van der Waals surface area contributed by atoms with E-state index in [1.54, 1.807) is 6.07 Å². The molecule has 2 aliphatic rings. The number of carbonyl (C=O) groups excluding carboxylic acids is 1. The summed E-state index contributed by atoms with van der Waals surface area (Å²) in [7, 11) is 0. The lowest BCUT2D eigenvalue weighted by Crippen LogP contribution is -2.60. The molecule has 1 aromatic heterocycles. The molecule has 1 aromatic rings. The third-order valence-corrected chi connectivity index (χ3v) is 6.00. The summed E-state index contributed by atoms with van der Waals surface area (Å²) in [6.45, 7) is 5.85. The van der Waals surface area contributed by atoms with Crippen molar-refractivity contribution in [1.29, 1.82) is 0 Å². The van der Waals surface area contributed by atoms with Crippen LogP contribution in [0.15, 0.2) is 18.3 Å². The largest absolute Gasteiger partial charge is 0.471 e. The van der Waals surface area contributed by atoms with Crippen LogP contribution in [0.1, 0.15) is 33.1 Å². The highest BCUT2D eigenvalue weighted by atomic mass is 32.2. The van der Waals surface area contributed by atoms with Gasteiger partial charge in [-0.05, 0) is 24.5 Å². The van der Waals surface area contributed by atoms with Crippen LogP contribution >= 0.6 is 11.8 Å². The number of pyridine rings is 1. The molecule has 1 unspecified atom stereocenters. The van der Waals surface area contributed by atoms with E-state index in [2.05, 4.69) is 18.8 Å². The van der Waals surface area contributed by atoms with Gasteiger partial charge in [-0.1, -0.05) is 13.8 Å². The average Bonchev–Trinajstić information content (AvgIpc) is 2.90. The van der Waals surface area contributed by atoms with Gasteiger partial charge in [0.2, 0.25) is 5.91 Å². The number of hydrogen-bond acceptors (Lipinski definition) is 4. The number of amides is 1. The number of thioether (sulfide) groups is 1. The van der Waals surface area contributed by atoms with Crippen LogP contribution in [-0.4, -0.2) is 45.5 Å². The third-order valence-electron chi connectivity index (χ3n) is 4.42. The second-order valence-corrected chi connectivity index (χ2v) is 8.40. The van der Waals surface area contributed by atoms with E-state index in [1.807, 2.05) is 16.7 Å². The molecule has 1 amide bonds. The smallest absolute Gasteiger partial charge is 0.250 e. The van der Waals surface area contributed by atoms with E-state index in [0.717, 1.165) is 31.7 Å². The molecule has 23 heavy (non-hydrogen) atoms. The summed E-state index contributed by atoms with van der Waals surface area (Å²) in [5.41, 5.74) is 0. The second kappa shape index (κ2) is 6.67. The number of hydrogen-bond donors (Lipinski definition) is 0. The molecule has 0 bridgehead atoms. The molecular formula is C17H23FN2O2S. The van der Waals surface area contributed by atoms with Crippen molar-refractivity contribution in [1.82, 2.24) is 9.88 Å². The van der Waals surface area contributed by atoms with Crippen molar-refractivity contribution in [3.05, 3.63) is 24.1 Å². The molecule has 3 rings (SSSR count). The fourth-order valence-corrected chi connectivity index (χ4v) is 4.63. The zero-order valence-electron chi connectivity index (χ0n) is 13.6. The van der Waals surface area contributed by atoms with Crippen LogP contribution in [0.4, 0.5) is 4.39 Å². The van der Waals surface area contributed by atoms with Crippen LogP contribution in [0, 0.1) is 11.7 Å². The Balaban J connectivity index is 1.48. The SMILES string of the molecule is CC(C)CCC(=O)N1CC2(CC(Oc3ncccc3F)CS2)C1. The molecule has 0 aromatic carbocycles. The molecule has 0 saturated carbocycles. The summed E-state index contributed by atoms with van der Waals surface area (Å²) >= 11 is 1.84. The lowest BCUT2D eigenvalue weighted by atomic mass is 9.92. The quantitative estimate of drug-likeness (QED) is 0.827. The maximum atomic E-state index is 13.6. The number of ether oxygens (including phenoxy) is 1. The van der Waals surface area contributed by atoms with Crippen LogP contribution in [0.25, 0.3) is 0 Å². The van der Waals surface area contributed by atoms with Crippen LogP contribution in [-0.2, 0) is 4.79 Å².